The van der Waals surface area contributed by atoms with E-state index in [1.807, 2.05) is 0 Å². The van der Waals surface area contributed by atoms with Gasteiger partial charge in [0.25, 0.3) is 15.9 Å². The van der Waals surface area contributed by atoms with E-state index in [2.05, 4.69) is 4.72 Å². The molecular formula is C19H20F2N2O4S. The second-order valence-electron chi connectivity index (χ2n) is 6.44. The van der Waals surface area contributed by atoms with Crippen molar-refractivity contribution in [2.75, 3.05) is 24.9 Å². The number of likely N-dealkylation sites (tertiary alicyclic amines) is 1. The van der Waals surface area contributed by atoms with Crippen molar-refractivity contribution in [2.24, 2.45) is 0 Å². The molecule has 1 heterocycles. The largest absolute Gasteiger partial charge is 0.496 e. The molecule has 0 aromatic heterocycles. The van der Waals surface area contributed by atoms with Crippen LogP contribution < -0.4 is 9.46 Å². The lowest BCUT2D eigenvalue weighted by Gasteiger charge is -2.27. The Morgan fingerprint density at radius 3 is 2.43 bits per heavy atom. The molecule has 0 saturated carbocycles. The van der Waals surface area contributed by atoms with Crippen molar-refractivity contribution in [3.63, 3.8) is 0 Å². The second-order valence-corrected chi connectivity index (χ2v) is 8.13. The van der Waals surface area contributed by atoms with Crippen LogP contribution in [0.15, 0.2) is 41.3 Å². The van der Waals surface area contributed by atoms with Gasteiger partial charge in [-0.2, -0.15) is 0 Å². The van der Waals surface area contributed by atoms with Crippen molar-refractivity contribution in [1.82, 2.24) is 4.90 Å². The molecule has 1 aliphatic heterocycles. The Kier molecular flexibility index (Phi) is 5.83. The molecule has 6 nitrogen and oxygen atoms in total. The number of amides is 1. The molecule has 0 radical (unpaired) electrons. The number of nitrogens with zero attached hydrogens (tertiary/aromatic N) is 1. The zero-order chi connectivity index (χ0) is 20.3. The molecule has 0 unspecified atom stereocenters. The van der Waals surface area contributed by atoms with E-state index in [0.29, 0.717) is 19.2 Å². The average molecular weight is 410 g/mol. The summed E-state index contributed by atoms with van der Waals surface area (Å²) in [5, 5.41) is 0. The van der Waals surface area contributed by atoms with Crippen LogP contribution in [-0.2, 0) is 10.0 Å². The molecule has 2 aromatic rings. The van der Waals surface area contributed by atoms with Gasteiger partial charge in [-0.3, -0.25) is 9.52 Å². The average Bonchev–Trinajstić information content (AvgIpc) is 2.69. The Labute approximate surface area is 162 Å². The summed E-state index contributed by atoms with van der Waals surface area (Å²) < 4.78 is 59.4. The van der Waals surface area contributed by atoms with Crippen LogP contribution in [0, 0.1) is 11.6 Å². The fourth-order valence-electron chi connectivity index (χ4n) is 3.06. The Hall–Kier alpha value is -2.68. The number of piperidine rings is 1. The molecule has 2 aromatic carbocycles. The summed E-state index contributed by atoms with van der Waals surface area (Å²) in [6.07, 6.45) is 2.82. The van der Waals surface area contributed by atoms with Crippen LogP contribution in [0.5, 0.6) is 5.75 Å². The van der Waals surface area contributed by atoms with Crippen molar-refractivity contribution >= 4 is 21.6 Å². The fourth-order valence-corrected chi connectivity index (χ4v) is 4.16. The van der Waals surface area contributed by atoms with Crippen molar-refractivity contribution < 1.29 is 26.7 Å². The van der Waals surface area contributed by atoms with Crippen LogP contribution in [-0.4, -0.2) is 39.4 Å². The molecule has 0 bridgehead atoms. The highest BCUT2D eigenvalue weighted by Gasteiger charge is 2.25. The van der Waals surface area contributed by atoms with Gasteiger partial charge < -0.3 is 9.64 Å². The van der Waals surface area contributed by atoms with E-state index in [4.69, 9.17) is 4.74 Å². The number of rotatable bonds is 5. The Balaban J connectivity index is 1.94. The van der Waals surface area contributed by atoms with Gasteiger partial charge in [0.2, 0.25) is 0 Å². The minimum atomic E-state index is -4.20. The van der Waals surface area contributed by atoms with Crippen LogP contribution in [0.4, 0.5) is 14.5 Å². The Bertz CT molecular complexity index is 989. The molecule has 1 N–H and O–H groups in total. The molecule has 3 rings (SSSR count). The van der Waals surface area contributed by atoms with Gasteiger partial charge in [-0.25, -0.2) is 17.2 Å². The van der Waals surface area contributed by atoms with E-state index in [0.717, 1.165) is 31.4 Å². The van der Waals surface area contributed by atoms with Crippen LogP contribution in [0.2, 0.25) is 0 Å². The molecule has 1 amide bonds. The standard InChI is InChI=1S/C19H20F2N2O4S/c1-27-18-8-6-14(12-15(18)19(24)23-9-3-2-4-10-23)28(25,26)22-17-7-5-13(20)11-16(17)21/h5-8,11-12,22H,2-4,9-10H2,1H3. The summed E-state index contributed by atoms with van der Waals surface area (Å²) in [7, 11) is -2.81. The predicted octanol–water partition coefficient (Wildman–Crippen LogP) is 3.40. The van der Waals surface area contributed by atoms with Gasteiger partial charge in [-0.05, 0) is 49.6 Å². The number of benzene rings is 2. The smallest absolute Gasteiger partial charge is 0.262 e. The highest BCUT2D eigenvalue weighted by molar-refractivity contribution is 7.92. The van der Waals surface area contributed by atoms with Crippen LogP contribution >= 0.6 is 0 Å². The molecule has 9 heteroatoms. The number of carbonyl (C=O) groups is 1. The Morgan fingerprint density at radius 1 is 1.07 bits per heavy atom. The summed E-state index contributed by atoms with van der Waals surface area (Å²) in [6, 6.07) is 6.37. The van der Waals surface area contributed by atoms with Gasteiger partial charge in [0.05, 0.1) is 23.3 Å². The van der Waals surface area contributed by atoms with Gasteiger partial charge in [-0.1, -0.05) is 0 Å². The third kappa shape index (κ3) is 4.24. The zero-order valence-corrected chi connectivity index (χ0v) is 16.1. The molecule has 1 fully saturated rings. The quantitative estimate of drug-likeness (QED) is 0.820. The molecular weight excluding hydrogens is 390 g/mol. The highest BCUT2D eigenvalue weighted by atomic mass is 32.2. The molecule has 150 valence electrons. The number of sulfonamides is 1. The first kappa shape index (κ1) is 20.1. The summed E-state index contributed by atoms with van der Waals surface area (Å²) in [5.41, 5.74) is -0.270. The number of carbonyl (C=O) groups excluding carboxylic acids is 1. The Morgan fingerprint density at radius 2 is 1.79 bits per heavy atom. The minimum absolute atomic E-state index is 0.117. The zero-order valence-electron chi connectivity index (χ0n) is 15.2. The van der Waals surface area contributed by atoms with Gasteiger partial charge in [0.15, 0.2) is 0 Å². The second kappa shape index (κ2) is 8.14. The maximum Gasteiger partial charge on any atom is 0.262 e. The number of hydrogen-bond donors (Lipinski definition) is 1. The number of halogens is 2. The van der Waals surface area contributed by atoms with E-state index in [9.17, 15) is 22.0 Å². The third-order valence-corrected chi connectivity index (χ3v) is 5.89. The topological polar surface area (TPSA) is 75.7 Å². The van der Waals surface area contributed by atoms with E-state index >= 15 is 0 Å². The van der Waals surface area contributed by atoms with E-state index in [1.54, 1.807) is 4.90 Å². The number of methoxy groups -OCH3 is 1. The number of anilines is 1. The lowest BCUT2D eigenvalue weighted by Crippen LogP contribution is -2.35. The van der Waals surface area contributed by atoms with Gasteiger partial charge >= 0.3 is 0 Å². The van der Waals surface area contributed by atoms with E-state index in [1.165, 1.54) is 25.3 Å². The van der Waals surface area contributed by atoms with Gasteiger partial charge in [0.1, 0.15) is 17.4 Å². The molecule has 0 spiro atoms. The molecule has 1 aliphatic rings. The highest BCUT2D eigenvalue weighted by Crippen LogP contribution is 2.27. The van der Waals surface area contributed by atoms with Crippen molar-refractivity contribution in [3.8, 4) is 5.75 Å². The van der Waals surface area contributed by atoms with Gasteiger partial charge in [0, 0.05) is 19.2 Å². The van der Waals surface area contributed by atoms with Crippen LogP contribution in [0.3, 0.4) is 0 Å². The van der Waals surface area contributed by atoms with Crippen molar-refractivity contribution in [3.05, 3.63) is 53.6 Å². The van der Waals surface area contributed by atoms with Crippen LogP contribution in [0.25, 0.3) is 0 Å². The number of nitrogens with one attached hydrogen (secondary N) is 1. The summed E-state index contributed by atoms with van der Waals surface area (Å²) in [5.74, 6) is -1.93. The summed E-state index contributed by atoms with van der Waals surface area (Å²) >= 11 is 0. The summed E-state index contributed by atoms with van der Waals surface area (Å²) in [4.78, 5) is 14.3. The SMILES string of the molecule is COc1ccc(S(=O)(=O)Nc2ccc(F)cc2F)cc1C(=O)N1CCCCC1. The van der Waals surface area contributed by atoms with E-state index in [-0.39, 0.29) is 27.8 Å². The maximum absolute atomic E-state index is 13.8. The molecule has 1 saturated heterocycles. The first-order valence-electron chi connectivity index (χ1n) is 8.77. The minimum Gasteiger partial charge on any atom is -0.496 e. The fraction of sp³-hybridized carbons (Fsp3) is 0.316. The number of hydrogen-bond acceptors (Lipinski definition) is 4. The molecule has 0 aliphatic carbocycles. The monoisotopic (exact) mass is 410 g/mol. The van der Waals surface area contributed by atoms with Crippen LogP contribution in [0.1, 0.15) is 29.6 Å². The van der Waals surface area contributed by atoms with E-state index < -0.39 is 21.7 Å². The normalized spacial score (nSPS) is 14.6. The number of ether oxygens (including phenoxy) is 1. The maximum atomic E-state index is 13.8. The summed E-state index contributed by atoms with van der Waals surface area (Å²) in [6.45, 7) is 1.19. The van der Waals surface area contributed by atoms with Gasteiger partial charge in [-0.15, -0.1) is 0 Å². The predicted molar refractivity (Wildman–Crippen MR) is 99.9 cm³/mol. The third-order valence-electron chi connectivity index (χ3n) is 4.53. The van der Waals surface area contributed by atoms with Crippen molar-refractivity contribution in [2.45, 2.75) is 24.2 Å². The van der Waals surface area contributed by atoms with Crippen molar-refractivity contribution in [1.29, 1.82) is 0 Å². The molecule has 0 atom stereocenters. The lowest BCUT2D eigenvalue weighted by molar-refractivity contribution is 0.0720. The first-order valence-corrected chi connectivity index (χ1v) is 10.3. The lowest BCUT2D eigenvalue weighted by atomic mass is 10.1. The molecule has 28 heavy (non-hydrogen) atoms. The first-order chi connectivity index (χ1) is 13.3.